The van der Waals surface area contributed by atoms with Gasteiger partial charge >= 0.3 is 0 Å². The van der Waals surface area contributed by atoms with Crippen molar-refractivity contribution < 1.29 is 5.11 Å². The van der Waals surface area contributed by atoms with E-state index in [1.54, 1.807) is 6.21 Å². The summed E-state index contributed by atoms with van der Waals surface area (Å²) in [4.78, 5) is 4.06. The number of hydrazone groups is 1. The first-order valence-corrected chi connectivity index (χ1v) is 12.4. The number of hydrogen-bond donors (Lipinski definition) is 3. The Kier molecular flexibility index (Phi) is 11.7. The molecule has 1 saturated heterocycles. The topological polar surface area (TPSA) is 104 Å². The quantitative estimate of drug-likeness (QED) is 0.180. The van der Waals surface area contributed by atoms with Crippen LogP contribution in [-0.4, -0.2) is 44.0 Å². The molecule has 0 bridgehead atoms. The summed E-state index contributed by atoms with van der Waals surface area (Å²) in [6, 6.07) is 12.0. The van der Waals surface area contributed by atoms with Crippen molar-refractivity contribution in [3.8, 4) is 0 Å². The van der Waals surface area contributed by atoms with Gasteiger partial charge in [-0.2, -0.15) is 10.2 Å². The lowest BCUT2D eigenvalue weighted by Crippen LogP contribution is -2.29. The van der Waals surface area contributed by atoms with Crippen molar-refractivity contribution in [2.75, 3.05) is 18.8 Å². The van der Waals surface area contributed by atoms with E-state index in [1.165, 1.54) is 35.4 Å². The summed E-state index contributed by atoms with van der Waals surface area (Å²) in [5, 5.41) is 22.7. The van der Waals surface area contributed by atoms with Crippen LogP contribution in [-0.2, 0) is 6.54 Å². The van der Waals surface area contributed by atoms with Gasteiger partial charge in [-0.1, -0.05) is 42.8 Å². The van der Waals surface area contributed by atoms with Gasteiger partial charge in [0.25, 0.3) is 0 Å². The Labute approximate surface area is 215 Å². The lowest BCUT2D eigenvalue weighted by Gasteiger charge is -2.22. The molecule has 194 valence electrons. The summed E-state index contributed by atoms with van der Waals surface area (Å²) in [5.74, 6) is 1.05. The Morgan fingerprint density at radius 1 is 1.31 bits per heavy atom. The molecule has 1 fully saturated rings. The van der Waals surface area contributed by atoms with Crippen molar-refractivity contribution in [2.45, 2.75) is 59.4 Å². The molecule has 1 unspecified atom stereocenters. The third-order valence-electron chi connectivity index (χ3n) is 5.39. The number of nitrogens with zero attached hydrogens (tertiary/aromatic N) is 5. The van der Waals surface area contributed by atoms with E-state index in [4.69, 9.17) is 5.73 Å². The highest BCUT2D eigenvalue weighted by Gasteiger charge is 2.21. The summed E-state index contributed by atoms with van der Waals surface area (Å²) in [6.07, 6.45) is 6.53. The Bertz CT molecular complexity index is 1130. The van der Waals surface area contributed by atoms with Crippen molar-refractivity contribution in [1.29, 1.82) is 0 Å². The highest BCUT2D eigenvalue weighted by Crippen LogP contribution is 2.28. The number of anilines is 1. The Hall–Kier alpha value is -3.65. The summed E-state index contributed by atoms with van der Waals surface area (Å²) >= 11 is 0. The summed E-state index contributed by atoms with van der Waals surface area (Å²) in [6.45, 7) is 17.7. The predicted octanol–water partition coefficient (Wildman–Crippen LogP) is 5.58. The van der Waals surface area contributed by atoms with Crippen molar-refractivity contribution in [1.82, 2.24) is 24.9 Å². The molecule has 0 aliphatic carbocycles. The molecule has 1 atom stereocenters. The number of nitrogen functional groups attached to an aromatic ring is 1. The second kappa shape index (κ2) is 14.7. The minimum Gasteiger partial charge on any atom is -0.494 e. The van der Waals surface area contributed by atoms with E-state index in [9.17, 15) is 5.11 Å². The molecule has 3 heterocycles. The molecule has 0 radical (unpaired) electrons. The molecule has 1 aliphatic rings. The van der Waals surface area contributed by atoms with Gasteiger partial charge in [-0.25, -0.2) is 14.5 Å². The van der Waals surface area contributed by atoms with Crippen LogP contribution in [0.5, 0.6) is 0 Å². The zero-order valence-electron chi connectivity index (χ0n) is 22.1. The number of aliphatic hydroxyl groups is 1. The van der Waals surface area contributed by atoms with Gasteiger partial charge in [0.1, 0.15) is 11.8 Å². The number of nitrogens with two attached hydrogens (primary N) is 1. The molecule has 8 heteroatoms. The van der Waals surface area contributed by atoms with Crippen LogP contribution in [0.2, 0.25) is 0 Å². The molecule has 8 nitrogen and oxygen atoms in total. The normalized spacial score (nSPS) is 14.9. The van der Waals surface area contributed by atoms with E-state index in [-0.39, 0.29) is 5.88 Å². The van der Waals surface area contributed by atoms with E-state index >= 15 is 0 Å². The maximum atomic E-state index is 9.32. The number of aryl methyl sites for hydroxylation is 1. The van der Waals surface area contributed by atoms with Crippen molar-refractivity contribution >= 4 is 17.5 Å². The average Bonchev–Trinajstić information content (AvgIpc) is 3.20. The van der Waals surface area contributed by atoms with E-state index < -0.39 is 0 Å². The fourth-order valence-electron chi connectivity index (χ4n) is 3.81. The average molecular weight is 492 g/mol. The van der Waals surface area contributed by atoms with Gasteiger partial charge < -0.3 is 16.2 Å². The molecule has 1 aromatic carbocycles. The van der Waals surface area contributed by atoms with Crippen molar-refractivity contribution in [2.24, 2.45) is 5.10 Å². The zero-order valence-corrected chi connectivity index (χ0v) is 22.1. The number of nitrogens with one attached hydrogen (secondary N) is 1. The van der Waals surface area contributed by atoms with Gasteiger partial charge in [0.15, 0.2) is 11.7 Å². The van der Waals surface area contributed by atoms with Gasteiger partial charge in [0, 0.05) is 24.4 Å². The van der Waals surface area contributed by atoms with Crippen LogP contribution in [0.3, 0.4) is 0 Å². The fraction of sp³-hybridized carbons (Fsp3) is 0.393. The third-order valence-corrected chi connectivity index (χ3v) is 5.39. The maximum Gasteiger partial charge on any atom is 0.200 e. The van der Waals surface area contributed by atoms with Crippen LogP contribution >= 0.6 is 0 Å². The number of allylic oxidation sites excluding steroid dienone is 1. The molecule has 3 aromatic rings. The zero-order chi connectivity index (χ0) is 26.5. The SMILES string of the molecule is C=C(C)C.C=C(O)N(Cc1ccccc1)/N=C\CC.Cc1cc(C2CCCNC2)n2ncnc(N)c12. The first-order chi connectivity index (χ1) is 17.2. The van der Waals surface area contributed by atoms with Gasteiger partial charge in [-0.3, -0.25) is 0 Å². The number of fused-ring (bicyclic) bond motifs is 1. The number of hydrogen-bond acceptors (Lipinski definition) is 7. The lowest BCUT2D eigenvalue weighted by atomic mass is 9.96. The molecule has 4 rings (SSSR count). The molecule has 0 spiro atoms. The number of aromatic nitrogens is 3. The number of piperidine rings is 1. The van der Waals surface area contributed by atoms with E-state index in [1.807, 2.05) is 55.6 Å². The van der Waals surface area contributed by atoms with Crippen molar-refractivity contribution in [3.63, 3.8) is 0 Å². The highest BCUT2D eigenvalue weighted by molar-refractivity contribution is 5.70. The van der Waals surface area contributed by atoms with Gasteiger partial charge in [0.05, 0.1) is 6.54 Å². The molecule has 0 amide bonds. The summed E-state index contributed by atoms with van der Waals surface area (Å²) in [7, 11) is 0. The minimum absolute atomic E-state index is 0.0384. The highest BCUT2D eigenvalue weighted by atomic mass is 16.3. The van der Waals surface area contributed by atoms with Crippen LogP contribution in [0.15, 0.2) is 72.4 Å². The smallest absolute Gasteiger partial charge is 0.200 e. The summed E-state index contributed by atoms with van der Waals surface area (Å²) in [5.41, 5.74) is 11.5. The molecule has 36 heavy (non-hydrogen) atoms. The molecule has 2 aromatic heterocycles. The first kappa shape index (κ1) is 28.6. The molecule has 1 aliphatic heterocycles. The van der Waals surface area contributed by atoms with Crippen LogP contribution < -0.4 is 11.1 Å². The first-order valence-electron chi connectivity index (χ1n) is 12.4. The second-order valence-electron chi connectivity index (χ2n) is 9.07. The number of aliphatic hydroxyl groups excluding tert-OH is 1. The minimum atomic E-state index is -0.0384. The van der Waals surface area contributed by atoms with Crippen molar-refractivity contribution in [3.05, 3.63) is 84.2 Å². The predicted molar refractivity (Wildman–Crippen MR) is 150 cm³/mol. The van der Waals surface area contributed by atoms with Crippen LogP contribution in [0, 0.1) is 6.92 Å². The number of rotatable bonds is 6. The Balaban J connectivity index is 0.000000223. The molecular formula is C28H41N7O. The van der Waals surface area contributed by atoms with Gasteiger partial charge in [0.2, 0.25) is 0 Å². The van der Waals surface area contributed by atoms with Gasteiger partial charge in [-0.15, -0.1) is 6.58 Å². The largest absolute Gasteiger partial charge is 0.494 e. The van der Waals surface area contributed by atoms with Gasteiger partial charge in [-0.05, 0) is 70.4 Å². The number of benzene rings is 1. The molecule has 4 N–H and O–H groups in total. The third kappa shape index (κ3) is 8.85. The summed E-state index contributed by atoms with van der Waals surface area (Å²) < 4.78 is 1.95. The monoisotopic (exact) mass is 491 g/mol. The fourth-order valence-corrected chi connectivity index (χ4v) is 3.81. The lowest BCUT2D eigenvalue weighted by molar-refractivity contribution is 0.203. The van der Waals surface area contributed by atoms with E-state index in [2.05, 4.69) is 46.6 Å². The van der Waals surface area contributed by atoms with Crippen LogP contribution in [0.1, 0.15) is 62.8 Å². The molecular weight excluding hydrogens is 450 g/mol. The Morgan fingerprint density at radius 2 is 2.00 bits per heavy atom. The molecule has 0 saturated carbocycles. The second-order valence-corrected chi connectivity index (χ2v) is 9.07. The maximum absolute atomic E-state index is 9.32. The Morgan fingerprint density at radius 3 is 2.58 bits per heavy atom. The van der Waals surface area contributed by atoms with Crippen LogP contribution in [0.4, 0.5) is 5.82 Å². The standard InChI is InChI=1S/C12H17N5.C12H16N2O.C4H8/c1-8-5-10(9-3-2-4-14-6-9)17-11(8)12(13)15-7-16-17;1-3-9-13-14(11(2)15)10-12-7-5-4-6-8-12;1-4(2)3/h5,7,9,14H,2-4,6H2,1H3,(H2,13,15,16);4-9,15H,2-3,10H2,1H3;1H2,2-3H3/b;13-9-;. The van der Waals surface area contributed by atoms with Crippen LogP contribution in [0.25, 0.3) is 5.52 Å². The van der Waals surface area contributed by atoms with E-state index in [0.29, 0.717) is 18.3 Å². The van der Waals surface area contributed by atoms with E-state index in [0.717, 1.165) is 36.2 Å².